The van der Waals surface area contributed by atoms with Crippen molar-refractivity contribution in [1.82, 2.24) is 14.3 Å². The summed E-state index contributed by atoms with van der Waals surface area (Å²) in [5.74, 6) is 0.490. The van der Waals surface area contributed by atoms with Gasteiger partial charge in [-0.1, -0.05) is 49.0 Å². The minimum absolute atomic E-state index is 0.104. The summed E-state index contributed by atoms with van der Waals surface area (Å²) in [5.41, 5.74) is 3.51. The van der Waals surface area contributed by atoms with E-state index in [1.165, 1.54) is 17.3 Å². The van der Waals surface area contributed by atoms with Crippen molar-refractivity contribution >= 4 is 23.2 Å². The summed E-state index contributed by atoms with van der Waals surface area (Å²) in [7, 11) is 1.85. The maximum absolute atomic E-state index is 12.4. The molecule has 5 heteroatoms. The lowest BCUT2D eigenvalue weighted by molar-refractivity contribution is -0.127. The molecule has 0 atom stereocenters. The van der Waals surface area contributed by atoms with E-state index in [1.54, 1.807) is 4.90 Å². The molecule has 4 nitrogen and oxygen atoms in total. The van der Waals surface area contributed by atoms with E-state index in [2.05, 4.69) is 36.2 Å². The fraction of sp³-hybridized carbons (Fsp3) is 0.263. The molecule has 3 rings (SSSR count). The Kier molecular flexibility index (Phi) is 5.20. The number of thioether (sulfide) groups is 1. The number of pyridine rings is 1. The monoisotopic (exact) mass is 339 g/mol. The molecule has 0 unspecified atom stereocenters. The lowest BCUT2D eigenvalue weighted by Gasteiger charge is -2.17. The first-order chi connectivity index (χ1) is 11.7. The molecule has 24 heavy (non-hydrogen) atoms. The Morgan fingerprint density at radius 2 is 1.92 bits per heavy atom. The van der Waals surface area contributed by atoms with Crippen LogP contribution in [-0.2, 0) is 17.8 Å². The molecule has 124 valence electrons. The van der Waals surface area contributed by atoms with Crippen LogP contribution in [0.2, 0.25) is 0 Å². The van der Waals surface area contributed by atoms with Crippen LogP contribution in [0.25, 0.3) is 5.52 Å². The Morgan fingerprint density at radius 3 is 2.67 bits per heavy atom. The van der Waals surface area contributed by atoms with Gasteiger partial charge < -0.3 is 4.90 Å². The van der Waals surface area contributed by atoms with Crippen LogP contribution in [-0.4, -0.2) is 33.0 Å². The highest BCUT2D eigenvalue weighted by atomic mass is 32.2. The van der Waals surface area contributed by atoms with Gasteiger partial charge in [0.2, 0.25) is 5.91 Å². The van der Waals surface area contributed by atoms with Crippen LogP contribution in [0.5, 0.6) is 0 Å². The Hall–Kier alpha value is -2.27. The predicted molar refractivity (Wildman–Crippen MR) is 98.2 cm³/mol. The second kappa shape index (κ2) is 7.53. The molecule has 0 spiro atoms. The second-order valence-electron chi connectivity index (χ2n) is 5.74. The third kappa shape index (κ3) is 3.79. The lowest BCUT2D eigenvalue weighted by atomic mass is 10.1. The quantitative estimate of drug-likeness (QED) is 0.643. The summed E-state index contributed by atoms with van der Waals surface area (Å²) in [6.45, 7) is 2.77. The molecule has 0 fully saturated rings. The number of carbonyl (C=O) groups excluding carboxylic acids is 1. The second-order valence-corrected chi connectivity index (χ2v) is 6.69. The van der Waals surface area contributed by atoms with Crippen molar-refractivity contribution in [3.05, 3.63) is 66.0 Å². The number of hydrogen-bond donors (Lipinski definition) is 0. The van der Waals surface area contributed by atoms with Crippen molar-refractivity contribution in [2.24, 2.45) is 0 Å². The van der Waals surface area contributed by atoms with Gasteiger partial charge in [-0.3, -0.25) is 9.20 Å². The van der Waals surface area contributed by atoms with E-state index < -0.39 is 0 Å². The zero-order chi connectivity index (χ0) is 16.9. The van der Waals surface area contributed by atoms with E-state index in [9.17, 15) is 4.79 Å². The number of benzene rings is 1. The smallest absolute Gasteiger partial charge is 0.233 e. The van der Waals surface area contributed by atoms with Crippen molar-refractivity contribution in [1.29, 1.82) is 0 Å². The Balaban J connectivity index is 1.57. The van der Waals surface area contributed by atoms with Crippen molar-refractivity contribution < 1.29 is 4.79 Å². The minimum atomic E-state index is 0.104. The summed E-state index contributed by atoms with van der Waals surface area (Å²) < 4.78 is 2.00. The van der Waals surface area contributed by atoms with Gasteiger partial charge in [0.25, 0.3) is 0 Å². The number of imidazole rings is 1. The summed E-state index contributed by atoms with van der Waals surface area (Å²) in [6, 6.07) is 14.4. The third-order valence-electron chi connectivity index (χ3n) is 4.01. The molecule has 0 radical (unpaired) electrons. The van der Waals surface area contributed by atoms with Gasteiger partial charge in [0.15, 0.2) is 5.16 Å². The van der Waals surface area contributed by atoms with Crippen LogP contribution in [0.4, 0.5) is 0 Å². The van der Waals surface area contributed by atoms with E-state index in [1.807, 2.05) is 42.0 Å². The van der Waals surface area contributed by atoms with Gasteiger partial charge in [0.05, 0.1) is 17.5 Å². The molecule has 2 aromatic heterocycles. The fourth-order valence-corrected chi connectivity index (χ4v) is 3.41. The van der Waals surface area contributed by atoms with Gasteiger partial charge in [-0.2, -0.15) is 0 Å². The van der Waals surface area contributed by atoms with Gasteiger partial charge in [0.1, 0.15) is 0 Å². The number of hydrogen-bond acceptors (Lipinski definition) is 3. The molecule has 0 bridgehead atoms. The van der Waals surface area contributed by atoms with Crippen LogP contribution in [0.1, 0.15) is 18.1 Å². The highest BCUT2D eigenvalue weighted by Crippen LogP contribution is 2.19. The fourth-order valence-electron chi connectivity index (χ4n) is 2.50. The van der Waals surface area contributed by atoms with Gasteiger partial charge in [-0.05, 0) is 29.7 Å². The summed E-state index contributed by atoms with van der Waals surface area (Å²) >= 11 is 1.47. The van der Waals surface area contributed by atoms with Gasteiger partial charge >= 0.3 is 0 Å². The molecule has 0 aliphatic rings. The van der Waals surface area contributed by atoms with Crippen molar-refractivity contribution in [2.75, 3.05) is 12.8 Å². The Bertz CT molecular complexity index is 826. The molecule has 0 saturated heterocycles. The number of aromatic nitrogens is 2. The Labute approximate surface area is 146 Å². The lowest BCUT2D eigenvalue weighted by Crippen LogP contribution is -2.27. The van der Waals surface area contributed by atoms with Gasteiger partial charge in [0, 0.05) is 19.8 Å². The maximum atomic E-state index is 12.4. The molecule has 0 saturated carbocycles. The first-order valence-electron chi connectivity index (χ1n) is 8.04. The van der Waals surface area contributed by atoms with Gasteiger partial charge in [-0.15, -0.1) is 0 Å². The zero-order valence-corrected chi connectivity index (χ0v) is 14.8. The number of nitrogens with zero attached hydrogens (tertiary/aromatic N) is 3. The van der Waals surface area contributed by atoms with E-state index >= 15 is 0 Å². The molecule has 2 heterocycles. The molecular formula is C19H21N3OS. The van der Waals surface area contributed by atoms with Crippen molar-refractivity contribution in [2.45, 2.75) is 25.0 Å². The zero-order valence-electron chi connectivity index (χ0n) is 14.0. The van der Waals surface area contributed by atoms with E-state index in [0.717, 1.165) is 22.7 Å². The predicted octanol–water partition coefficient (Wildman–Crippen LogP) is 3.65. The van der Waals surface area contributed by atoms with Crippen molar-refractivity contribution in [3.63, 3.8) is 0 Å². The van der Waals surface area contributed by atoms with Crippen LogP contribution in [0.3, 0.4) is 0 Å². The van der Waals surface area contributed by atoms with E-state index in [-0.39, 0.29) is 5.91 Å². The topological polar surface area (TPSA) is 37.6 Å². The van der Waals surface area contributed by atoms with E-state index in [4.69, 9.17) is 0 Å². The van der Waals surface area contributed by atoms with Crippen molar-refractivity contribution in [3.8, 4) is 0 Å². The number of amides is 1. The number of carbonyl (C=O) groups is 1. The molecule has 3 aromatic rings. The molecule has 1 aromatic carbocycles. The summed E-state index contributed by atoms with van der Waals surface area (Å²) in [5, 5.41) is 0.847. The first kappa shape index (κ1) is 16.6. The SMILES string of the molecule is CCc1ccc(CN(C)C(=O)CSc2ncc3ccccn23)cc1. The van der Waals surface area contributed by atoms with Crippen LogP contribution >= 0.6 is 11.8 Å². The standard InChI is InChI=1S/C19H21N3OS/c1-3-15-7-9-16(10-8-15)13-21(2)18(23)14-24-19-20-12-17-6-4-5-11-22(17)19/h4-12H,3,13-14H2,1-2H3. The van der Waals surface area contributed by atoms with Crippen LogP contribution < -0.4 is 0 Å². The molecule has 0 aliphatic carbocycles. The molecule has 0 aliphatic heterocycles. The van der Waals surface area contributed by atoms with Crippen LogP contribution in [0.15, 0.2) is 60.0 Å². The summed E-state index contributed by atoms with van der Waals surface area (Å²) in [6.07, 6.45) is 4.82. The minimum Gasteiger partial charge on any atom is -0.341 e. The highest BCUT2D eigenvalue weighted by Gasteiger charge is 2.12. The number of rotatable bonds is 6. The summed E-state index contributed by atoms with van der Waals surface area (Å²) in [4.78, 5) is 18.5. The number of fused-ring (bicyclic) bond motifs is 1. The average molecular weight is 339 g/mol. The molecular weight excluding hydrogens is 318 g/mol. The molecule has 0 N–H and O–H groups in total. The first-order valence-corrected chi connectivity index (χ1v) is 9.02. The van der Waals surface area contributed by atoms with Gasteiger partial charge in [-0.25, -0.2) is 4.98 Å². The number of aryl methyl sites for hydroxylation is 1. The maximum Gasteiger partial charge on any atom is 0.233 e. The third-order valence-corrected chi connectivity index (χ3v) is 4.96. The highest BCUT2D eigenvalue weighted by molar-refractivity contribution is 7.99. The average Bonchev–Trinajstić information content (AvgIpc) is 3.03. The van der Waals surface area contributed by atoms with Crippen LogP contribution in [0, 0.1) is 0 Å². The normalized spacial score (nSPS) is 10.9. The van der Waals surface area contributed by atoms with E-state index in [0.29, 0.717) is 12.3 Å². The largest absolute Gasteiger partial charge is 0.341 e. The Morgan fingerprint density at radius 1 is 1.17 bits per heavy atom. The molecule has 1 amide bonds.